The molecule has 2 atom stereocenters. The summed E-state index contributed by atoms with van der Waals surface area (Å²) in [6.45, 7) is 9.66. The van der Waals surface area contributed by atoms with E-state index in [2.05, 4.69) is 49.1 Å². The quantitative estimate of drug-likeness (QED) is 0.390. The lowest BCUT2D eigenvalue weighted by Gasteiger charge is -2.42. The molecular weight excluding hydrogens is 481 g/mol. The number of nitrogens with two attached hydrogens (primary N) is 1. The highest BCUT2D eigenvalue weighted by atomic mass is 16.7. The van der Waals surface area contributed by atoms with Gasteiger partial charge in [0.2, 0.25) is 0 Å². The fourth-order valence-electron chi connectivity index (χ4n) is 6.01. The van der Waals surface area contributed by atoms with E-state index in [1.807, 2.05) is 41.2 Å². The Balaban J connectivity index is 1.53. The van der Waals surface area contributed by atoms with E-state index in [1.54, 1.807) is 19.5 Å². The summed E-state index contributed by atoms with van der Waals surface area (Å²) in [5.74, 6) is 1.04. The summed E-state index contributed by atoms with van der Waals surface area (Å²) in [5, 5.41) is 13.7. The molecule has 6 rings (SSSR count). The molecule has 2 aromatic heterocycles. The molecule has 9 nitrogen and oxygen atoms in total. The van der Waals surface area contributed by atoms with Gasteiger partial charge in [-0.15, -0.1) is 0 Å². The van der Waals surface area contributed by atoms with E-state index in [1.165, 1.54) is 0 Å². The topological polar surface area (TPSA) is 107 Å². The lowest BCUT2D eigenvalue weighted by Crippen LogP contribution is -2.57. The Kier molecular flexibility index (Phi) is 5.94. The van der Waals surface area contributed by atoms with Gasteiger partial charge in [0, 0.05) is 34.9 Å². The van der Waals surface area contributed by atoms with Crippen molar-refractivity contribution < 1.29 is 18.8 Å². The Hall–Kier alpha value is -3.47. The first-order valence-electron chi connectivity index (χ1n) is 13.0. The van der Waals surface area contributed by atoms with Gasteiger partial charge in [0.05, 0.1) is 43.4 Å². The predicted molar refractivity (Wildman–Crippen MR) is 147 cm³/mol. The van der Waals surface area contributed by atoms with Gasteiger partial charge in [-0.1, -0.05) is 33.8 Å². The molecule has 0 amide bonds. The Morgan fingerprint density at radius 1 is 1.05 bits per heavy atom. The predicted octanol–water partition coefficient (Wildman–Crippen LogP) is 3.64. The van der Waals surface area contributed by atoms with E-state index in [4.69, 9.17) is 24.5 Å². The van der Waals surface area contributed by atoms with Gasteiger partial charge in [-0.3, -0.25) is 0 Å². The first kappa shape index (κ1) is 24.8. The second kappa shape index (κ2) is 9.08. The van der Waals surface area contributed by atoms with E-state index in [0.29, 0.717) is 30.2 Å². The third-order valence-electron chi connectivity index (χ3n) is 8.18. The minimum absolute atomic E-state index is 0.190. The number of benzene rings is 2. The molecule has 4 aromatic rings. The van der Waals surface area contributed by atoms with Crippen molar-refractivity contribution in [3.8, 4) is 22.6 Å². The molecule has 0 saturated carbocycles. The van der Waals surface area contributed by atoms with Crippen LogP contribution in [0, 0.1) is 11.8 Å². The monoisotopic (exact) mass is 513 g/mol. The summed E-state index contributed by atoms with van der Waals surface area (Å²) >= 11 is 0. The van der Waals surface area contributed by atoms with E-state index in [-0.39, 0.29) is 11.8 Å². The van der Waals surface area contributed by atoms with E-state index in [0.717, 1.165) is 27.7 Å². The normalized spacial score (nSPS) is 23.1. The Morgan fingerprint density at radius 2 is 1.79 bits per heavy atom. The van der Waals surface area contributed by atoms with Crippen molar-refractivity contribution in [3.63, 3.8) is 0 Å². The van der Waals surface area contributed by atoms with Crippen LogP contribution in [0.25, 0.3) is 27.7 Å². The Morgan fingerprint density at radius 3 is 2.42 bits per heavy atom. The molecule has 0 aliphatic carbocycles. The highest BCUT2D eigenvalue weighted by molar-refractivity contribution is 6.63. The minimum Gasteiger partial charge on any atom is -0.497 e. The first-order chi connectivity index (χ1) is 18.3. The van der Waals surface area contributed by atoms with Crippen LogP contribution >= 0.6 is 0 Å². The van der Waals surface area contributed by atoms with Crippen LogP contribution in [0.2, 0.25) is 0 Å². The number of nitrogens with zero attached hydrogens (tertiary/aromatic N) is 4. The van der Waals surface area contributed by atoms with Gasteiger partial charge in [-0.2, -0.15) is 15.3 Å². The molecule has 1 unspecified atom stereocenters. The van der Waals surface area contributed by atoms with Crippen molar-refractivity contribution in [3.05, 3.63) is 55.0 Å². The molecule has 2 saturated heterocycles. The molecule has 0 bridgehead atoms. The highest BCUT2D eigenvalue weighted by Gasteiger charge is 2.68. The number of rotatable bonds is 6. The zero-order valence-electron chi connectivity index (χ0n) is 22.3. The van der Waals surface area contributed by atoms with Crippen LogP contribution in [-0.2, 0) is 14.0 Å². The average Bonchev–Trinajstić information content (AvgIpc) is 3.63. The van der Waals surface area contributed by atoms with Crippen LogP contribution in [-0.4, -0.2) is 58.6 Å². The van der Waals surface area contributed by atoms with Gasteiger partial charge < -0.3 is 24.5 Å². The molecule has 38 heavy (non-hydrogen) atoms. The smallest absolute Gasteiger partial charge is 0.497 e. The summed E-state index contributed by atoms with van der Waals surface area (Å²) in [6.07, 6.45) is 5.22. The Bertz CT molecular complexity index is 1470. The molecule has 0 radical (unpaired) electrons. The molecule has 2 aliphatic heterocycles. The van der Waals surface area contributed by atoms with Crippen LogP contribution in [0.4, 0.5) is 5.69 Å². The molecule has 4 heterocycles. The summed E-state index contributed by atoms with van der Waals surface area (Å²) in [7, 11) is 1.04. The molecule has 2 aromatic carbocycles. The molecule has 2 N–H and O–H groups in total. The summed E-state index contributed by atoms with van der Waals surface area (Å²) in [4.78, 5) is 0. The van der Waals surface area contributed by atoms with Crippen molar-refractivity contribution in [1.82, 2.24) is 20.0 Å². The lowest BCUT2D eigenvalue weighted by molar-refractivity contribution is -0.0681. The number of hydrogen-bond acceptors (Lipinski definition) is 8. The summed E-state index contributed by atoms with van der Waals surface area (Å²) < 4.78 is 27.4. The molecule has 2 fully saturated rings. The van der Waals surface area contributed by atoms with Crippen LogP contribution in [0.15, 0.2) is 55.0 Å². The standard InChI is InChI=1S/C28H32BN5O4/c1-17(2)27-15-36-16-28(27,18(3)4)38-29(37-27)22-12-21(25(13-26(22)35-5)34-10-6-9-32-34)19-7-8-20-23(30)14-31-33-24(20)11-19/h6-14,17-18H,15-16H2,1-5H3,(H2,30,33)/t27-,28?/m1/s1. The van der Waals surface area contributed by atoms with Gasteiger partial charge >= 0.3 is 7.12 Å². The van der Waals surface area contributed by atoms with E-state index < -0.39 is 18.3 Å². The summed E-state index contributed by atoms with van der Waals surface area (Å²) in [5.41, 5.74) is 9.84. The molecule has 0 spiro atoms. The number of ether oxygens (including phenoxy) is 2. The average molecular weight is 513 g/mol. The number of fused-ring (bicyclic) bond motifs is 2. The first-order valence-corrected chi connectivity index (χ1v) is 13.0. The lowest BCUT2D eigenvalue weighted by atomic mass is 9.72. The number of methoxy groups -OCH3 is 1. The maximum Gasteiger partial charge on any atom is 0.498 e. The van der Waals surface area contributed by atoms with Crippen molar-refractivity contribution in [1.29, 1.82) is 0 Å². The fraction of sp³-hybridized carbons (Fsp3) is 0.393. The minimum atomic E-state index is -0.625. The fourth-order valence-corrected chi connectivity index (χ4v) is 6.01. The van der Waals surface area contributed by atoms with E-state index in [9.17, 15) is 0 Å². The SMILES string of the molecule is COc1cc(-n2cccn2)c(-c2ccc3c(N)cnnc3c2)cc1B1OC2(C(C)C)COC[C@]2(C(C)C)O1. The molecular formula is C28H32BN5O4. The molecule has 10 heteroatoms. The number of anilines is 1. The zero-order valence-corrected chi connectivity index (χ0v) is 22.3. The maximum atomic E-state index is 6.85. The number of nitrogen functional groups attached to an aromatic ring is 1. The van der Waals surface area contributed by atoms with Gasteiger partial charge in [-0.05, 0) is 41.7 Å². The van der Waals surface area contributed by atoms with Gasteiger partial charge in [0.15, 0.2) is 0 Å². The van der Waals surface area contributed by atoms with Crippen molar-refractivity contribution in [2.24, 2.45) is 11.8 Å². The largest absolute Gasteiger partial charge is 0.498 e. The highest BCUT2D eigenvalue weighted by Crippen LogP contribution is 2.51. The van der Waals surface area contributed by atoms with E-state index >= 15 is 0 Å². The van der Waals surface area contributed by atoms with Gasteiger partial charge in [-0.25, -0.2) is 4.68 Å². The van der Waals surface area contributed by atoms with Crippen LogP contribution < -0.4 is 15.9 Å². The summed E-state index contributed by atoms with van der Waals surface area (Å²) in [6, 6.07) is 11.9. The van der Waals surface area contributed by atoms with Crippen molar-refractivity contribution >= 4 is 29.2 Å². The second-order valence-electron chi connectivity index (χ2n) is 10.7. The third-order valence-corrected chi connectivity index (χ3v) is 8.18. The van der Waals surface area contributed by atoms with Crippen LogP contribution in [0.1, 0.15) is 27.7 Å². The van der Waals surface area contributed by atoms with Crippen LogP contribution in [0.5, 0.6) is 5.75 Å². The second-order valence-corrected chi connectivity index (χ2v) is 10.7. The van der Waals surface area contributed by atoms with Crippen molar-refractivity contribution in [2.75, 3.05) is 26.1 Å². The van der Waals surface area contributed by atoms with Gasteiger partial charge in [0.1, 0.15) is 17.0 Å². The Labute approximate surface area is 222 Å². The maximum absolute atomic E-state index is 6.85. The number of hydrogen-bond donors (Lipinski definition) is 1. The van der Waals surface area contributed by atoms with Crippen LogP contribution in [0.3, 0.4) is 0 Å². The van der Waals surface area contributed by atoms with Gasteiger partial charge in [0.25, 0.3) is 0 Å². The van der Waals surface area contributed by atoms with Crippen molar-refractivity contribution in [2.45, 2.75) is 38.9 Å². The third kappa shape index (κ3) is 3.54. The molecule has 2 aliphatic rings. The molecule has 196 valence electrons. The number of aromatic nitrogens is 4. The zero-order chi connectivity index (χ0) is 26.7.